The number of hydrogen-bond acceptors (Lipinski definition) is 5. The standard InChI is InChI=1S/C24H23NO4/c26-19-11-9-18(10-12-19)21-20(17-7-2-1-3-8-17)22(29-25-21)24(13-14-24)23(27)28-15-16-5-4-6-16/h1-3,7-12,16,26H,4-6,13-15H2. The normalized spacial score (nSPS) is 17.5. The van der Waals surface area contributed by atoms with Crippen molar-refractivity contribution in [3.8, 4) is 28.1 Å². The van der Waals surface area contributed by atoms with E-state index in [9.17, 15) is 9.90 Å². The van der Waals surface area contributed by atoms with Gasteiger partial charge in [-0.15, -0.1) is 0 Å². The number of aromatic hydroxyl groups is 1. The zero-order valence-electron chi connectivity index (χ0n) is 16.1. The van der Waals surface area contributed by atoms with E-state index in [1.165, 1.54) is 6.42 Å². The van der Waals surface area contributed by atoms with Gasteiger partial charge in [-0.2, -0.15) is 0 Å². The number of phenols is 1. The van der Waals surface area contributed by atoms with Crippen molar-refractivity contribution in [2.75, 3.05) is 6.61 Å². The fourth-order valence-corrected chi connectivity index (χ4v) is 3.95. The SMILES string of the molecule is O=C(OCC1CCC1)C1(c2onc(-c3ccc(O)cc3)c2-c2ccccc2)CC1. The highest BCUT2D eigenvalue weighted by molar-refractivity contribution is 5.92. The van der Waals surface area contributed by atoms with Crippen LogP contribution in [0.5, 0.6) is 5.75 Å². The van der Waals surface area contributed by atoms with Crippen LogP contribution in [0.4, 0.5) is 0 Å². The molecule has 0 atom stereocenters. The van der Waals surface area contributed by atoms with E-state index in [2.05, 4.69) is 5.16 Å². The smallest absolute Gasteiger partial charge is 0.319 e. The first kappa shape index (κ1) is 18.0. The maximum Gasteiger partial charge on any atom is 0.319 e. The summed E-state index contributed by atoms with van der Waals surface area (Å²) in [5, 5.41) is 14.0. The van der Waals surface area contributed by atoms with E-state index in [-0.39, 0.29) is 11.7 Å². The van der Waals surface area contributed by atoms with Crippen molar-refractivity contribution in [1.82, 2.24) is 5.16 Å². The zero-order chi connectivity index (χ0) is 19.8. The lowest BCUT2D eigenvalue weighted by Gasteiger charge is -2.25. The molecule has 0 spiro atoms. The summed E-state index contributed by atoms with van der Waals surface area (Å²) in [6.45, 7) is 0.500. The molecule has 148 valence electrons. The van der Waals surface area contributed by atoms with Crippen molar-refractivity contribution in [3.05, 3.63) is 60.4 Å². The van der Waals surface area contributed by atoms with Gasteiger partial charge in [0.2, 0.25) is 0 Å². The first-order valence-electron chi connectivity index (χ1n) is 10.2. The van der Waals surface area contributed by atoms with E-state index in [0.29, 0.717) is 36.8 Å². The third-order valence-corrected chi connectivity index (χ3v) is 6.15. The molecule has 2 aliphatic rings. The zero-order valence-corrected chi connectivity index (χ0v) is 16.1. The van der Waals surface area contributed by atoms with Gasteiger partial charge in [0.1, 0.15) is 16.9 Å². The molecular formula is C24H23NO4. The van der Waals surface area contributed by atoms with Gasteiger partial charge >= 0.3 is 5.97 Å². The first-order valence-corrected chi connectivity index (χ1v) is 10.2. The van der Waals surface area contributed by atoms with Crippen molar-refractivity contribution in [1.29, 1.82) is 0 Å². The van der Waals surface area contributed by atoms with Crippen LogP contribution < -0.4 is 0 Å². The third-order valence-electron chi connectivity index (χ3n) is 6.15. The van der Waals surface area contributed by atoms with E-state index in [1.54, 1.807) is 24.3 Å². The molecule has 0 radical (unpaired) electrons. The second kappa shape index (κ2) is 7.07. The predicted molar refractivity (Wildman–Crippen MR) is 108 cm³/mol. The largest absolute Gasteiger partial charge is 0.508 e. The fraction of sp³-hybridized carbons (Fsp3) is 0.333. The molecule has 1 heterocycles. The highest BCUT2D eigenvalue weighted by Gasteiger charge is 2.58. The van der Waals surface area contributed by atoms with Gasteiger partial charge in [0.05, 0.1) is 12.2 Å². The molecule has 2 aliphatic carbocycles. The molecule has 0 bridgehead atoms. The number of hydrogen-bond donors (Lipinski definition) is 1. The Hall–Kier alpha value is -3.08. The highest BCUT2D eigenvalue weighted by Crippen LogP contribution is 2.54. The van der Waals surface area contributed by atoms with Crippen LogP contribution in [0.3, 0.4) is 0 Å². The van der Waals surface area contributed by atoms with Crippen LogP contribution in [0, 0.1) is 5.92 Å². The number of aromatic nitrogens is 1. The molecule has 5 heteroatoms. The Bertz CT molecular complexity index is 1010. The molecule has 5 rings (SSSR count). The minimum atomic E-state index is -0.739. The summed E-state index contributed by atoms with van der Waals surface area (Å²) in [7, 11) is 0. The lowest BCUT2D eigenvalue weighted by atomic mass is 9.86. The lowest BCUT2D eigenvalue weighted by molar-refractivity contribution is -0.149. The number of phenolic OH excluding ortho intramolecular Hbond substituents is 1. The van der Waals surface area contributed by atoms with Crippen LogP contribution in [0.1, 0.15) is 37.9 Å². The Morgan fingerprint density at radius 3 is 2.41 bits per heavy atom. The minimum absolute atomic E-state index is 0.192. The Morgan fingerprint density at radius 1 is 1.07 bits per heavy atom. The highest BCUT2D eigenvalue weighted by atomic mass is 16.5. The van der Waals surface area contributed by atoms with E-state index < -0.39 is 5.41 Å². The summed E-state index contributed by atoms with van der Waals surface area (Å²) in [5.41, 5.74) is 2.54. The van der Waals surface area contributed by atoms with Crippen LogP contribution in [0.15, 0.2) is 59.1 Å². The summed E-state index contributed by atoms with van der Waals surface area (Å²) in [4.78, 5) is 13.0. The molecule has 1 N–H and O–H groups in total. The van der Waals surface area contributed by atoms with Crippen molar-refractivity contribution in [2.24, 2.45) is 5.92 Å². The maximum absolute atomic E-state index is 13.0. The number of benzene rings is 2. The number of esters is 1. The summed E-state index contributed by atoms with van der Waals surface area (Å²) in [6.07, 6.45) is 4.93. The Kier molecular flexibility index (Phi) is 4.38. The first-order chi connectivity index (χ1) is 14.2. The molecule has 2 aromatic carbocycles. The summed E-state index contributed by atoms with van der Waals surface area (Å²) >= 11 is 0. The van der Waals surface area contributed by atoms with Crippen molar-refractivity contribution < 1.29 is 19.2 Å². The molecule has 2 saturated carbocycles. The minimum Gasteiger partial charge on any atom is -0.508 e. The van der Waals surface area contributed by atoms with Crippen molar-refractivity contribution in [3.63, 3.8) is 0 Å². The second-order valence-electron chi connectivity index (χ2n) is 8.13. The molecule has 1 aromatic heterocycles. The van der Waals surface area contributed by atoms with Gasteiger partial charge in [-0.1, -0.05) is 41.9 Å². The Balaban J connectivity index is 1.54. The average molecular weight is 389 g/mol. The van der Waals surface area contributed by atoms with Gasteiger partial charge in [0.25, 0.3) is 0 Å². The molecule has 0 saturated heterocycles. The van der Waals surface area contributed by atoms with E-state index in [4.69, 9.17) is 9.26 Å². The number of rotatable bonds is 6. The molecule has 0 amide bonds. The Morgan fingerprint density at radius 2 is 1.79 bits per heavy atom. The topological polar surface area (TPSA) is 72.6 Å². The van der Waals surface area contributed by atoms with E-state index >= 15 is 0 Å². The lowest BCUT2D eigenvalue weighted by Crippen LogP contribution is -2.27. The molecule has 5 nitrogen and oxygen atoms in total. The van der Waals surface area contributed by atoms with Gasteiger partial charge in [-0.25, -0.2) is 0 Å². The predicted octanol–water partition coefficient (Wildman–Crippen LogP) is 5.09. The Labute approximate surface area is 169 Å². The molecule has 2 fully saturated rings. The van der Waals surface area contributed by atoms with Crippen LogP contribution in [0.2, 0.25) is 0 Å². The van der Waals surface area contributed by atoms with E-state index in [1.807, 2.05) is 30.3 Å². The maximum atomic E-state index is 13.0. The molecular weight excluding hydrogens is 366 g/mol. The summed E-state index contributed by atoms with van der Waals surface area (Å²) in [6, 6.07) is 16.7. The van der Waals surface area contributed by atoms with Gasteiger partial charge in [0, 0.05) is 5.56 Å². The van der Waals surface area contributed by atoms with Crippen LogP contribution in [-0.4, -0.2) is 22.8 Å². The fourth-order valence-electron chi connectivity index (χ4n) is 3.95. The van der Waals surface area contributed by atoms with Gasteiger partial charge in [-0.05, 0) is 61.4 Å². The van der Waals surface area contributed by atoms with Crippen LogP contribution >= 0.6 is 0 Å². The second-order valence-corrected chi connectivity index (χ2v) is 8.13. The number of ether oxygens (including phenoxy) is 1. The van der Waals surface area contributed by atoms with Crippen LogP contribution in [-0.2, 0) is 14.9 Å². The number of carbonyl (C=O) groups excluding carboxylic acids is 1. The van der Waals surface area contributed by atoms with Gasteiger partial charge in [-0.3, -0.25) is 4.79 Å². The monoisotopic (exact) mass is 389 g/mol. The van der Waals surface area contributed by atoms with Gasteiger partial charge < -0.3 is 14.4 Å². The number of carbonyl (C=O) groups is 1. The summed E-state index contributed by atoms with van der Waals surface area (Å²) < 4.78 is 11.5. The molecule has 0 unspecified atom stereocenters. The average Bonchev–Trinajstić information content (AvgIpc) is 3.40. The van der Waals surface area contributed by atoms with E-state index in [0.717, 1.165) is 29.5 Å². The summed E-state index contributed by atoms with van der Waals surface area (Å²) in [5.74, 6) is 1.09. The molecule has 0 aliphatic heterocycles. The van der Waals surface area contributed by atoms with Crippen LogP contribution in [0.25, 0.3) is 22.4 Å². The van der Waals surface area contributed by atoms with Crippen molar-refractivity contribution >= 4 is 5.97 Å². The number of nitrogens with zero attached hydrogens (tertiary/aromatic N) is 1. The van der Waals surface area contributed by atoms with Gasteiger partial charge in [0.15, 0.2) is 5.76 Å². The molecule has 29 heavy (non-hydrogen) atoms. The van der Waals surface area contributed by atoms with Crippen molar-refractivity contribution in [2.45, 2.75) is 37.5 Å². The quantitative estimate of drug-likeness (QED) is 0.595. The molecule has 3 aromatic rings. The third kappa shape index (κ3) is 3.20.